The molecule has 1 heterocycles. The molecule has 2 fully saturated rings. The van der Waals surface area contributed by atoms with Gasteiger partial charge in [-0.2, -0.15) is 0 Å². The highest BCUT2D eigenvalue weighted by atomic mass is 16.8. The van der Waals surface area contributed by atoms with Crippen molar-refractivity contribution in [3.8, 4) is 0 Å². The van der Waals surface area contributed by atoms with Gasteiger partial charge in [0.2, 0.25) is 0 Å². The zero-order valence-electron chi connectivity index (χ0n) is 13.5. The molecule has 0 bridgehead atoms. The van der Waals surface area contributed by atoms with E-state index in [0.29, 0.717) is 0 Å². The summed E-state index contributed by atoms with van der Waals surface area (Å²) in [7, 11) is 0. The zero-order chi connectivity index (χ0) is 15.7. The van der Waals surface area contributed by atoms with E-state index in [1.54, 1.807) is 0 Å². The highest BCUT2D eigenvalue weighted by Crippen LogP contribution is 2.40. The molecule has 1 spiro atoms. The van der Waals surface area contributed by atoms with Gasteiger partial charge in [-0.1, -0.05) is 6.42 Å². The van der Waals surface area contributed by atoms with Gasteiger partial charge in [0.05, 0.1) is 18.2 Å². The Bertz CT molecular complexity index is 407. The molecule has 0 aromatic rings. The Kier molecular flexibility index (Phi) is 4.73. The lowest BCUT2D eigenvalue weighted by Crippen LogP contribution is -2.35. The first-order valence-electron chi connectivity index (χ1n) is 7.86. The van der Waals surface area contributed by atoms with E-state index in [0.717, 1.165) is 25.7 Å². The third kappa shape index (κ3) is 4.27. The van der Waals surface area contributed by atoms with Gasteiger partial charge in [-0.3, -0.25) is 4.79 Å². The van der Waals surface area contributed by atoms with Crippen molar-refractivity contribution in [3.05, 3.63) is 0 Å². The summed E-state index contributed by atoms with van der Waals surface area (Å²) in [6.07, 6.45) is 4.52. The SMILES string of the molecule is C[C@@H]1OC2(CCCCC2)O[C@H]1C(=N)CC(=O)OC(C)(C)C. The molecule has 1 aliphatic heterocycles. The summed E-state index contributed by atoms with van der Waals surface area (Å²) >= 11 is 0. The smallest absolute Gasteiger partial charge is 0.312 e. The molecule has 2 rings (SSSR count). The van der Waals surface area contributed by atoms with Crippen LogP contribution in [-0.2, 0) is 19.0 Å². The van der Waals surface area contributed by atoms with Gasteiger partial charge >= 0.3 is 5.97 Å². The van der Waals surface area contributed by atoms with E-state index in [4.69, 9.17) is 19.6 Å². The van der Waals surface area contributed by atoms with Gasteiger partial charge in [-0.05, 0) is 40.5 Å². The maximum atomic E-state index is 11.8. The van der Waals surface area contributed by atoms with Crippen molar-refractivity contribution in [1.82, 2.24) is 0 Å². The summed E-state index contributed by atoms with van der Waals surface area (Å²) in [5.41, 5.74) is -0.278. The summed E-state index contributed by atoms with van der Waals surface area (Å²) in [5.74, 6) is -0.907. The van der Waals surface area contributed by atoms with Crippen molar-refractivity contribution in [1.29, 1.82) is 5.41 Å². The molecule has 2 aliphatic rings. The Morgan fingerprint density at radius 2 is 1.86 bits per heavy atom. The summed E-state index contributed by atoms with van der Waals surface area (Å²) in [5, 5.41) is 8.15. The number of rotatable bonds is 3. The first kappa shape index (κ1) is 16.4. The van der Waals surface area contributed by atoms with Crippen molar-refractivity contribution < 1.29 is 19.0 Å². The van der Waals surface area contributed by atoms with Crippen molar-refractivity contribution in [3.63, 3.8) is 0 Å². The van der Waals surface area contributed by atoms with E-state index < -0.39 is 17.5 Å². The molecule has 120 valence electrons. The van der Waals surface area contributed by atoms with Crippen LogP contribution < -0.4 is 0 Å². The Morgan fingerprint density at radius 1 is 1.24 bits per heavy atom. The van der Waals surface area contributed by atoms with Crippen LogP contribution in [0.3, 0.4) is 0 Å². The molecule has 0 aromatic carbocycles. The standard InChI is InChI=1S/C16H27NO4/c1-11-14(12(17)10-13(18)20-15(2,3)4)21-16(19-11)8-6-5-7-9-16/h11,14,17H,5-10H2,1-4H3/t11-,14+/m0/s1. The van der Waals surface area contributed by atoms with Crippen molar-refractivity contribution in [2.75, 3.05) is 0 Å². The molecular formula is C16H27NO4. The van der Waals surface area contributed by atoms with E-state index >= 15 is 0 Å². The largest absolute Gasteiger partial charge is 0.460 e. The van der Waals surface area contributed by atoms with Crippen LogP contribution in [0.4, 0.5) is 0 Å². The molecule has 5 nitrogen and oxygen atoms in total. The van der Waals surface area contributed by atoms with Gasteiger partial charge in [-0.25, -0.2) is 0 Å². The van der Waals surface area contributed by atoms with E-state index in [-0.39, 0.29) is 24.2 Å². The lowest BCUT2D eigenvalue weighted by molar-refractivity contribution is -0.189. The lowest BCUT2D eigenvalue weighted by atomic mass is 9.94. The summed E-state index contributed by atoms with van der Waals surface area (Å²) in [6.45, 7) is 7.38. The Balaban J connectivity index is 1.92. The molecule has 1 aliphatic carbocycles. The van der Waals surface area contributed by atoms with E-state index in [2.05, 4.69) is 0 Å². The van der Waals surface area contributed by atoms with Crippen LogP contribution in [0.1, 0.15) is 66.2 Å². The predicted octanol–water partition coefficient (Wildman–Crippen LogP) is 3.20. The maximum absolute atomic E-state index is 11.8. The Labute approximate surface area is 126 Å². The zero-order valence-corrected chi connectivity index (χ0v) is 13.5. The topological polar surface area (TPSA) is 68.6 Å². The van der Waals surface area contributed by atoms with Crippen LogP contribution in [0.15, 0.2) is 0 Å². The highest BCUT2D eigenvalue weighted by Gasteiger charge is 2.47. The molecule has 0 aromatic heterocycles. The van der Waals surface area contributed by atoms with Gasteiger partial charge in [-0.15, -0.1) is 0 Å². The third-order valence-electron chi connectivity index (χ3n) is 3.88. The normalized spacial score (nSPS) is 28.6. The number of carbonyl (C=O) groups is 1. The minimum absolute atomic E-state index is 0.0360. The molecule has 0 radical (unpaired) electrons. The number of hydrogen-bond acceptors (Lipinski definition) is 5. The lowest BCUT2D eigenvalue weighted by Gasteiger charge is -2.31. The molecule has 1 saturated carbocycles. The second kappa shape index (κ2) is 6.05. The Morgan fingerprint density at radius 3 is 2.43 bits per heavy atom. The van der Waals surface area contributed by atoms with Gasteiger partial charge in [0.15, 0.2) is 5.79 Å². The molecule has 0 unspecified atom stereocenters. The maximum Gasteiger partial charge on any atom is 0.312 e. The molecule has 1 N–H and O–H groups in total. The van der Waals surface area contributed by atoms with Gasteiger partial charge in [0.1, 0.15) is 11.7 Å². The third-order valence-corrected chi connectivity index (χ3v) is 3.88. The Hall–Kier alpha value is -0.940. The number of carbonyl (C=O) groups excluding carboxylic acids is 1. The number of nitrogens with one attached hydrogen (secondary N) is 1. The highest BCUT2D eigenvalue weighted by molar-refractivity contribution is 6.00. The quantitative estimate of drug-likeness (QED) is 0.641. The first-order valence-corrected chi connectivity index (χ1v) is 7.86. The first-order chi connectivity index (χ1) is 9.71. The number of hydrogen-bond donors (Lipinski definition) is 1. The number of esters is 1. The van der Waals surface area contributed by atoms with E-state index in [9.17, 15) is 4.79 Å². The van der Waals surface area contributed by atoms with Crippen LogP contribution in [-0.4, -0.2) is 35.3 Å². The molecule has 0 amide bonds. The van der Waals surface area contributed by atoms with Crippen molar-refractivity contribution in [2.24, 2.45) is 0 Å². The second-order valence-electron chi connectivity index (χ2n) is 7.12. The molecule has 2 atom stereocenters. The van der Waals surface area contributed by atoms with Gasteiger partial charge in [0.25, 0.3) is 0 Å². The molecule has 21 heavy (non-hydrogen) atoms. The number of ether oxygens (including phenoxy) is 3. The molecular weight excluding hydrogens is 270 g/mol. The summed E-state index contributed by atoms with van der Waals surface area (Å²) in [4.78, 5) is 11.8. The van der Waals surface area contributed by atoms with Gasteiger partial charge in [0, 0.05) is 12.8 Å². The average molecular weight is 297 g/mol. The van der Waals surface area contributed by atoms with Crippen molar-refractivity contribution >= 4 is 11.7 Å². The summed E-state index contributed by atoms with van der Waals surface area (Å²) < 4.78 is 17.3. The van der Waals surface area contributed by atoms with Crippen LogP contribution in [0.5, 0.6) is 0 Å². The fourth-order valence-corrected chi connectivity index (χ4v) is 3.07. The molecule has 5 heteroatoms. The second-order valence-corrected chi connectivity index (χ2v) is 7.12. The van der Waals surface area contributed by atoms with E-state index in [1.165, 1.54) is 6.42 Å². The van der Waals surface area contributed by atoms with Crippen LogP contribution in [0, 0.1) is 5.41 Å². The van der Waals surface area contributed by atoms with Crippen LogP contribution in [0.2, 0.25) is 0 Å². The fraction of sp³-hybridized carbons (Fsp3) is 0.875. The monoisotopic (exact) mass is 297 g/mol. The van der Waals surface area contributed by atoms with Gasteiger partial charge < -0.3 is 19.6 Å². The van der Waals surface area contributed by atoms with Crippen LogP contribution >= 0.6 is 0 Å². The molecule has 1 saturated heterocycles. The minimum atomic E-state index is -0.527. The van der Waals surface area contributed by atoms with Crippen molar-refractivity contribution in [2.45, 2.75) is 89.8 Å². The predicted molar refractivity (Wildman–Crippen MR) is 79.4 cm³/mol. The van der Waals surface area contributed by atoms with E-state index in [1.807, 2.05) is 27.7 Å². The fourth-order valence-electron chi connectivity index (χ4n) is 3.07. The summed E-state index contributed by atoms with van der Waals surface area (Å²) in [6, 6.07) is 0. The minimum Gasteiger partial charge on any atom is -0.460 e. The average Bonchev–Trinajstić information content (AvgIpc) is 2.64. The van der Waals surface area contributed by atoms with Crippen LogP contribution in [0.25, 0.3) is 0 Å².